The first kappa shape index (κ1) is 11.4. The maximum Gasteiger partial charge on any atom is 0.0897 e. The summed E-state index contributed by atoms with van der Waals surface area (Å²) >= 11 is 0. The fourth-order valence-electron chi connectivity index (χ4n) is 3.71. The molecular weight excluding hydrogens is 187 g/mol. The molecule has 0 spiro atoms. The minimum atomic E-state index is -0.0985. The molecule has 2 saturated carbocycles. The minimum absolute atomic E-state index is 0.0985. The Kier molecular flexibility index (Phi) is 4.46. The second-order valence-electron chi connectivity index (χ2n) is 5.66. The van der Waals surface area contributed by atoms with Crippen LogP contribution in [0.15, 0.2) is 0 Å². The van der Waals surface area contributed by atoms with E-state index in [0.29, 0.717) is 0 Å². The molecule has 0 aromatic heterocycles. The molecule has 0 N–H and O–H groups in total. The standard InChI is InChI=1S/C14H25F/c15-11-10-12-6-8-14(9-7-12)13-4-2-1-3-5-13/h12-14H,1-11H2. The molecule has 15 heavy (non-hydrogen) atoms. The summed E-state index contributed by atoms with van der Waals surface area (Å²) in [5.74, 6) is 2.75. The van der Waals surface area contributed by atoms with Crippen LogP contribution in [0.25, 0.3) is 0 Å². The zero-order valence-electron chi connectivity index (χ0n) is 9.89. The van der Waals surface area contributed by atoms with Gasteiger partial charge in [-0.15, -0.1) is 0 Å². The monoisotopic (exact) mass is 212 g/mol. The molecule has 0 radical (unpaired) electrons. The molecule has 0 nitrogen and oxygen atoms in total. The first-order valence-electron chi connectivity index (χ1n) is 6.96. The lowest BCUT2D eigenvalue weighted by atomic mass is 9.70. The second-order valence-corrected chi connectivity index (χ2v) is 5.66. The highest BCUT2D eigenvalue weighted by atomic mass is 19.1. The molecule has 0 amide bonds. The van der Waals surface area contributed by atoms with E-state index in [9.17, 15) is 4.39 Å². The quantitative estimate of drug-likeness (QED) is 0.634. The number of hydrogen-bond acceptors (Lipinski definition) is 0. The summed E-state index contributed by atoms with van der Waals surface area (Å²) in [6, 6.07) is 0. The van der Waals surface area contributed by atoms with Gasteiger partial charge in [0.05, 0.1) is 6.67 Å². The molecule has 1 heteroatoms. The van der Waals surface area contributed by atoms with Gasteiger partial charge in [-0.05, 0) is 37.0 Å². The molecule has 0 saturated heterocycles. The third-order valence-electron chi connectivity index (χ3n) is 4.73. The summed E-state index contributed by atoms with van der Waals surface area (Å²) in [4.78, 5) is 0. The van der Waals surface area contributed by atoms with E-state index in [1.807, 2.05) is 0 Å². The van der Waals surface area contributed by atoms with Crippen LogP contribution < -0.4 is 0 Å². The van der Waals surface area contributed by atoms with E-state index in [2.05, 4.69) is 0 Å². The number of hydrogen-bond donors (Lipinski definition) is 0. The summed E-state index contributed by atoms with van der Waals surface area (Å²) in [7, 11) is 0. The molecule has 2 aliphatic rings. The van der Waals surface area contributed by atoms with E-state index in [1.54, 1.807) is 0 Å². The predicted octanol–water partition coefficient (Wildman–Crippen LogP) is 4.73. The van der Waals surface area contributed by atoms with Crippen molar-refractivity contribution in [3.05, 3.63) is 0 Å². The van der Waals surface area contributed by atoms with Crippen molar-refractivity contribution in [3.63, 3.8) is 0 Å². The topological polar surface area (TPSA) is 0 Å². The van der Waals surface area contributed by atoms with Crippen LogP contribution in [0.5, 0.6) is 0 Å². The first-order valence-corrected chi connectivity index (χ1v) is 6.96. The van der Waals surface area contributed by atoms with Gasteiger partial charge in [0.2, 0.25) is 0 Å². The van der Waals surface area contributed by atoms with Crippen LogP contribution in [-0.4, -0.2) is 6.67 Å². The number of halogens is 1. The number of alkyl halides is 1. The van der Waals surface area contributed by atoms with Crippen LogP contribution in [0.1, 0.15) is 64.2 Å². The predicted molar refractivity (Wildman–Crippen MR) is 62.6 cm³/mol. The van der Waals surface area contributed by atoms with Crippen LogP contribution in [0, 0.1) is 17.8 Å². The van der Waals surface area contributed by atoms with Gasteiger partial charge >= 0.3 is 0 Å². The second kappa shape index (κ2) is 5.86. The van der Waals surface area contributed by atoms with Crippen molar-refractivity contribution >= 4 is 0 Å². The first-order chi connectivity index (χ1) is 7.40. The van der Waals surface area contributed by atoms with Crippen molar-refractivity contribution in [1.29, 1.82) is 0 Å². The van der Waals surface area contributed by atoms with Gasteiger partial charge in [0.15, 0.2) is 0 Å². The Bertz CT molecular complexity index is 164. The van der Waals surface area contributed by atoms with Gasteiger partial charge < -0.3 is 0 Å². The van der Waals surface area contributed by atoms with Crippen molar-refractivity contribution in [2.45, 2.75) is 64.2 Å². The molecule has 0 aromatic rings. The van der Waals surface area contributed by atoms with E-state index in [4.69, 9.17) is 0 Å². The largest absolute Gasteiger partial charge is 0.251 e. The lowest BCUT2D eigenvalue weighted by Crippen LogP contribution is -2.23. The lowest BCUT2D eigenvalue weighted by molar-refractivity contribution is 0.159. The van der Waals surface area contributed by atoms with Gasteiger partial charge in [-0.2, -0.15) is 0 Å². The average Bonchev–Trinajstić information content (AvgIpc) is 2.32. The SMILES string of the molecule is FCCC1CCC(C2CCCCC2)CC1. The van der Waals surface area contributed by atoms with Gasteiger partial charge in [-0.3, -0.25) is 4.39 Å². The van der Waals surface area contributed by atoms with Crippen molar-refractivity contribution in [1.82, 2.24) is 0 Å². The fourth-order valence-corrected chi connectivity index (χ4v) is 3.71. The third kappa shape index (κ3) is 3.19. The van der Waals surface area contributed by atoms with Crippen molar-refractivity contribution in [2.24, 2.45) is 17.8 Å². The summed E-state index contributed by atoms with van der Waals surface area (Å²) in [6.45, 7) is -0.0985. The Morgan fingerprint density at radius 2 is 1.33 bits per heavy atom. The maximum atomic E-state index is 12.2. The highest BCUT2D eigenvalue weighted by Gasteiger charge is 2.28. The summed E-state index contributed by atoms with van der Waals surface area (Å²) in [6.07, 6.45) is 13.6. The summed E-state index contributed by atoms with van der Waals surface area (Å²) in [5.41, 5.74) is 0. The van der Waals surface area contributed by atoms with Crippen LogP contribution >= 0.6 is 0 Å². The number of rotatable bonds is 3. The molecule has 0 bridgehead atoms. The summed E-state index contributed by atoms with van der Waals surface area (Å²) < 4.78 is 12.2. The molecule has 0 aliphatic heterocycles. The van der Waals surface area contributed by atoms with Crippen LogP contribution in [0.3, 0.4) is 0 Å². The minimum Gasteiger partial charge on any atom is -0.251 e. The van der Waals surface area contributed by atoms with Gasteiger partial charge in [0, 0.05) is 0 Å². The van der Waals surface area contributed by atoms with Crippen LogP contribution in [0.2, 0.25) is 0 Å². The average molecular weight is 212 g/mol. The Balaban J connectivity index is 1.72. The highest BCUT2D eigenvalue weighted by Crippen LogP contribution is 2.40. The highest BCUT2D eigenvalue weighted by molar-refractivity contribution is 4.79. The van der Waals surface area contributed by atoms with E-state index in [1.165, 1.54) is 57.8 Å². The maximum absolute atomic E-state index is 12.2. The molecule has 2 aliphatic carbocycles. The smallest absolute Gasteiger partial charge is 0.0897 e. The van der Waals surface area contributed by atoms with Gasteiger partial charge in [0.25, 0.3) is 0 Å². The van der Waals surface area contributed by atoms with Crippen molar-refractivity contribution < 1.29 is 4.39 Å². The zero-order chi connectivity index (χ0) is 10.5. The lowest BCUT2D eigenvalue weighted by Gasteiger charge is -2.35. The molecule has 0 atom stereocenters. The fraction of sp³-hybridized carbons (Fsp3) is 1.00. The van der Waals surface area contributed by atoms with E-state index < -0.39 is 0 Å². The molecule has 0 unspecified atom stereocenters. The van der Waals surface area contributed by atoms with E-state index in [-0.39, 0.29) is 6.67 Å². The van der Waals surface area contributed by atoms with Crippen LogP contribution in [-0.2, 0) is 0 Å². The molecular formula is C14H25F. The normalized spacial score (nSPS) is 34.2. The zero-order valence-corrected chi connectivity index (χ0v) is 9.89. The molecule has 88 valence electrons. The van der Waals surface area contributed by atoms with Gasteiger partial charge in [-0.1, -0.05) is 44.9 Å². The molecule has 0 heterocycles. The Morgan fingerprint density at radius 3 is 1.93 bits per heavy atom. The van der Waals surface area contributed by atoms with Crippen LogP contribution in [0.4, 0.5) is 4.39 Å². The van der Waals surface area contributed by atoms with E-state index in [0.717, 1.165) is 24.2 Å². The van der Waals surface area contributed by atoms with Gasteiger partial charge in [0.1, 0.15) is 0 Å². The third-order valence-corrected chi connectivity index (χ3v) is 4.73. The summed E-state index contributed by atoms with van der Waals surface area (Å²) in [5, 5.41) is 0. The van der Waals surface area contributed by atoms with Crippen molar-refractivity contribution in [2.75, 3.05) is 6.67 Å². The van der Waals surface area contributed by atoms with Crippen molar-refractivity contribution in [3.8, 4) is 0 Å². The Labute approximate surface area is 93.6 Å². The molecule has 2 fully saturated rings. The van der Waals surface area contributed by atoms with E-state index >= 15 is 0 Å². The van der Waals surface area contributed by atoms with Gasteiger partial charge in [-0.25, -0.2) is 0 Å². The molecule has 0 aromatic carbocycles. The Hall–Kier alpha value is -0.0700. The Morgan fingerprint density at radius 1 is 0.733 bits per heavy atom. The molecule has 2 rings (SSSR count).